The molecule has 1 unspecified atom stereocenters. The topological polar surface area (TPSA) is 105 Å². The van der Waals surface area contributed by atoms with E-state index in [2.05, 4.69) is 10.4 Å². The Morgan fingerprint density at radius 1 is 1.13 bits per heavy atom. The van der Waals surface area contributed by atoms with E-state index in [1.54, 1.807) is 30.3 Å². The summed E-state index contributed by atoms with van der Waals surface area (Å²) in [5, 5.41) is 17.7. The Hall–Kier alpha value is -2.98. The molecule has 1 aliphatic carbocycles. The maximum absolute atomic E-state index is 13.3. The maximum atomic E-state index is 13.3. The number of sulfonamides is 1. The first kappa shape index (κ1) is 20.0. The summed E-state index contributed by atoms with van der Waals surface area (Å²) in [4.78, 5) is 11.3. The molecule has 10 heteroatoms. The van der Waals surface area contributed by atoms with Crippen molar-refractivity contribution >= 4 is 38.4 Å². The van der Waals surface area contributed by atoms with Crippen LogP contribution in [0.1, 0.15) is 25.3 Å². The number of hydrogen-bond acceptors (Lipinski definition) is 5. The van der Waals surface area contributed by atoms with Crippen LogP contribution in [0.25, 0.3) is 10.9 Å². The zero-order valence-corrected chi connectivity index (χ0v) is 17.3. The highest BCUT2D eigenvalue weighted by Crippen LogP contribution is 2.40. The molecule has 162 valence electrons. The van der Waals surface area contributed by atoms with Crippen molar-refractivity contribution in [1.29, 1.82) is 0 Å². The molecule has 31 heavy (non-hydrogen) atoms. The van der Waals surface area contributed by atoms with Gasteiger partial charge in [-0.1, -0.05) is 0 Å². The normalized spacial score (nSPS) is 19.7. The van der Waals surface area contributed by atoms with Crippen LogP contribution in [0, 0.1) is 11.7 Å². The molecule has 1 saturated carbocycles. The Bertz CT molecular complexity index is 1270. The zero-order valence-electron chi connectivity index (χ0n) is 16.5. The predicted octanol–water partition coefficient (Wildman–Crippen LogP) is 3.35. The predicted molar refractivity (Wildman–Crippen MR) is 112 cm³/mol. The fraction of sp³-hybridized carbons (Fsp3) is 0.333. The highest BCUT2D eigenvalue weighted by molar-refractivity contribution is 7.89. The van der Waals surface area contributed by atoms with Gasteiger partial charge in [0.1, 0.15) is 5.82 Å². The number of carboxylic acids is 1. The first-order valence-corrected chi connectivity index (χ1v) is 11.5. The summed E-state index contributed by atoms with van der Waals surface area (Å²) in [6, 6.07) is 11.0. The van der Waals surface area contributed by atoms with E-state index >= 15 is 0 Å². The lowest BCUT2D eigenvalue weighted by atomic mass is 10.1. The molecule has 0 amide bonds. The molecule has 0 radical (unpaired) electrons. The van der Waals surface area contributed by atoms with Crippen LogP contribution in [0.2, 0.25) is 0 Å². The average molecular weight is 444 g/mol. The first-order chi connectivity index (χ1) is 14.8. The minimum absolute atomic E-state index is 0.0300. The molecule has 1 aliphatic heterocycles. The Morgan fingerprint density at radius 2 is 1.87 bits per heavy atom. The van der Waals surface area contributed by atoms with Crippen LogP contribution >= 0.6 is 0 Å². The van der Waals surface area contributed by atoms with Crippen molar-refractivity contribution < 1.29 is 22.7 Å². The minimum atomic E-state index is -3.83. The van der Waals surface area contributed by atoms with E-state index in [0.717, 1.165) is 18.4 Å². The van der Waals surface area contributed by atoms with Crippen molar-refractivity contribution in [2.75, 3.05) is 18.4 Å². The highest BCUT2D eigenvalue weighted by atomic mass is 32.2. The molecule has 5 rings (SSSR count). The largest absolute Gasteiger partial charge is 0.481 e. The number of carbonyl (C=O) groups is 1. The number of halogens is 1. The summed E-state index contributed by atoms with van der Waals surface area (Å²) in [7, 11) is -3.83. The quantitative estimate of drug-likeness (QED) is 0.604. The van der Waals surface area contributed by atoms with Crippen molar-refractivity contribution in [3.05, 3.63) is 48.3 Å². The lowest BCUT2D eigenvalue weighted by Gasteiger charge is -2.16. The van der Waals surface area contributed by atoms with Gasteiger partial charge in [-0.05, 0) is 61.7 Å². The van der Waals surface area contributed by atoms with Gasteiger partial charge < -0.3 is 10.4 Å². The van der Waals surface area contributed by atoms with Crippen LogP contribution in [0.4, 0.5) is 15.9 Å². The lowest BCUT2D eigenvalue weighted by molar-refractivity contribution is -0.141. The Morgan fingerprint density at radius 3 is 2.52 bits per heavy atom. The second kappa shape index (κ2) is 7.31. The molecule has 0 spiro atoms. The van der Waals surface area contributed by atoms with Crippen molar-refractivity contribution in [2.24, 2.45) is 5.92 Å². The number of aliphatic carboxylic acids is 1. The van der Waals surface area contributed by atoms with Crippen molar-refractivity contribution in [1.82, 2.24) is 14.1 Å². The molecule has 2 aromatic carbocycles. The van der Waals surface area contributed by atoms with Crippen LogP contribution < -0.4 is 5.32 Å². The van der Waals surface area contributed by atoms with Gasteiger partial charge in [-0.2, -0.15) is 9.40 Å². The fourth-order valence-corrected chi connectivity index (χ4v) is 5.46. The number of carboxylic acid groups (broad SMARTS) is 1. The van der Waals surface area contributed by atoms with E-state index in [1.165, 1.54) is 16.4 Å². The second-order valence-electron chi connectivity index (χ2n) is 8.02. The fourth-order valence-electron chi connectivity index (χ4n) is 3.94. The minimum Gasteiger partial charge on any atom is -0.481 e. The van der Waals surface area contributed by atoms with Crippen LogP contribution in [-0.4, -0.2) is 46.7 Å². The molecule has 2 N–H and O–H groups in total. The summed E-state index contributed by atoms with van der Waals surface area (Å²) in [6.07, 6.45) is 2.32. The Labute approximate surface area is 178 Å². The number of anilines is 2. The molecule has 2 heterocycles. The third kappa shape index (κ3) is 3.66. The summed E-state index contributed by atoms with van der Waals surface area (Å²) in [5.41, 5.74) is 1.46. The van der Waals surface area contributed by atoms with Crippen LogP contribution in [0.3, 0.4) is 0 Å². The van der Waals surface area contributed by atoms with E-state index in [4.69, 9.17) is 0 Å². The van der Waals surface area contributed by atoms with E-state index in [9.17, 15) is 22.7 Å². The first-order valence-electron chi connectivity index (χ1n) is 10.1. The van der Waals surface area contributed by atoms with E-state index in [0.29, 0.717) is 23.3 Å². The summed E-state index contributed by atoms with van der Waals surface area (Å²) >= 11 is 0. The summed E-state index contributed by atoms with van der Waals surface area (Å²) < 4.78 is 42.7. The molecule has 0 bridgehead atoms. The second-order valence-corrected chi connectivity index (χ2v) is 9.96. The highest BCUT2D eigenvalue weighted by Gasteiger charge is 2.36. The Kier molecular flexibility index (Phi) is 4.71. The number of nitrogens with zero attached hydrogens (tertiary/aromatic N) is 3. The number of hydrogen-bond donors (Lipinski definition) is 2. The van der Waals surface area contributed by atoms with Gasteiger partial charge in [-0.25, -0.2) is 12.8 Å². The van der Waals surface area contributed by atoms with Gasteiger partial charge >= 0.3 is 5.97 Å². The van der Waals surface area contributed by atoms with Crippen LogP contribution in [0.5, 0.6) is 0 Å². The molecule has 8 nitrogen and oxygen atoms in total. The molecule has 1 aromatic heterocycles. The zero-order chi connectivity index (χ0) is 21.8. The third-order valence-electron chi connectivity index (χ3n) is 5.82. The van der Waals surface area contributed by atoms with Gasteiger partial charge in [-0.3, -0.25) is 9.48 Å². The lowest BCUT2D eigenvalue weighted by Crippen LogP contribution is -2.30. The van der Waals surface area contributed by atoms with Gasteiger partial charge in [0.05, 0.1) is 22.4 Å². The van der Waals surface area contributed by atoms with Crippen LogP contribution in [-0.2, 0) is 14.8 Å². The van der Waals surface area contributed by atoms with Crippen molar-refractivity contribution in [3.8, 4) is 0 Å². The number of rotatable bonds is 6. The van der Waals surface area contributed by atoms with Crippen LogP contribution in [0.15, 0.2) is 47.4 Å². The van der Waals surface area contributed by atoms with Gasteiger partial charge in [-0.15, -0.1) is 0 Å². The van der Waals surface area contributed by atoms with Gasteiger partial charge in [0.15, 0.2) is 5.82 Å². The number of aromatic nitrogens is 2. The SMILES string of the molecule is O=C(O)C1CCN(S(=O)(=O)c2ccc3c(c2)c(Nc2ccc(F)cc2)nn3C2CC2)C1. The van der Waals surface area contributed by atoms with Gasteiger partial charge in [0.2, 0.25) is 10.0 Å². The molecule has 3 aromatic rings. The third-order valence-corrected chi connectivity index (χ3v) is 7.68. The molecule has 2 fully saturated rings. The number of benzene rings is 2. The summed E-state index contributed by atoms with van der Waals surface area (Å²) in [6.45, 7) is 0.150. The maximum Gasteiger partial charge on any atom is 0.307 e. The number of nitrogens with one attached hydrogen (secondary N) is 1. The van der Waals surface area contributed by atoms with Gasteiger partial charge in [0.25, 0.3) is 0 Å². The van der Waals surface area contributed by atoms with Gasteiger partial charge in [0, 0.05) is 24.2 Å². The molecule has 1 atom stereocenters. The van der Waals surface area contributed by atoms with Crippen molar-refractivity contribution in [3.63, 3.8) is 0 Å². The standard InChI is InChI=1S/C21H21FN4O4S/c22-14-1-3-15(4-2-14)23-20-18-11-17(7-8-19(18)26(24-20)16-5-6-16)31(29,30)25-10-9-13(12-25)21(27)28/h1-4,7-8,11,13,16H,5-6,9-10,12H2,(H,23,24)(H,27,28). The molecular weight excluding hydrogens is 423 g/mol. The molecule has 2 aliphatic rings. The van der Waals surface area contributed by atoms with E-state index in [1.807, 2.05) is 4.68 Å². The monoisotopic (exact) mass is 444 g/mol. The number of fused-ring (bicyclic) bond motifs is 1. The van der Waals surface area contributed by atoms with Crippen molar-refractivity contribution in [2.45, 2.75) is 30.2 Å². The van der Waals surface area contributed by atoms with E-state index in [-0.39, 0.29) is 29.8 Å². The summed E-state index contributed by atoms with van der Waals surface area (Å²) in [5.74, 6) is -1.52. The Balaban J connectivity index is 1.53. The molecule has 1 saturated heterocycles. The average Bonchev–Trinajstić information content (AvgIpc) is 3.33. The smallest absolute Gasteiger partial charge is 0.307 e. The molecular formula is C21H21FN4O4S. The van der Waals surface area contributed by atoms with E-state index < -0.39 is 21.9 Å².